The van der Waals surface area contributed by atoms with Crippen molar-refractivity contribution in [3.63, 3.8) is 0 Å². The number of sulfonamides is 1. The fourth-order valence-corrected chi connectivity index (χ4v) is 5.12. The van der Waals surface area contributed by atoms with Crippen LogP contribution in [-0.2, 0) is 21.4 Å². The minimum atomic E-state index is -3.52. The molecule has 1 amide bonds. The molecular weight excluding hydrogens is 416 g/mol. The quantitative estimate of drug-likeness (QED) is 0.674. The van der Waals surface area contributed by atoms with Gasteiger partial charge in [0.05, 0.1) is 18.6 Å². The minimum absolute atomic E-state index is 0.0553. The zero-order valence-electron chi connectivity index (χ0n) is 18.3. The molecule has 1 aliphatic rings. The molecule has 0 atom stereocenters. The Balaban J connectivity index is 1.54. The van der Waals surface area contributed by atoms with Gasteiger partial charge in [0.25, 0.3) is 0 Å². The van der Waals surface area contributed by atoms with Gasteiger partial charge < -0.3 is 14.8 Å². The summed E-state index contributed by atoms with van der Waals surface area (Å²) in [6.45, 7) is 5.43. The number of amides is 1. The first kappa shape index (κ1) is 23.1. The van der Waals surface area contributed by atoms with E-state index in [1.54, 1.807) is 31.4 Å². The predicted molar refractivity (Wildman–Crippen MR) is 119 cm³/mol. The number of nitrogens with zero attached hydrogens (tertiary/aromatic N) is 1. The maximum absolute atomic E-state index is 12.8. The van der Waals surface area contributed by atoms with Crippen molar-refractivity contribution in [2.24, 2.45) is 5.92 Å². The summed E-state index contributed by atoms with van der Waals surface area (Å²) in [5, 5.41) is 2.96. The van der Waals surface area contributed by atoms with Gasteiger partial charge in [0.2, 0.25) is 15.9 Å². The van der Waals surface area contributed by atoms with Gasteiger partial charge in [-0.25, -0.2) is 8.42 Å². The molecule has 1 fully saturated rings. The van der Waals surface area contributed by atoms with Crippen LogP contribution in [0.4, 0.5) is 0 Å². The van der Waals surface area contributed by atoms with Crippen molar-refractivity contribution in [2.75, 3.05) is 26.8 Å². The predicted octanol–water partition coefficient (Wildman–Crippen LogP) is 3.12. The Morgan fingerprint density at radius 2 is 1.77 bits per heavy atom. The number of aryl methyl sites for hydroxylation is 1. The lowest BCUT2D eigenvalue weighted by Crippen LogP contribution is -2.42. The van der Waals surface area contributed by atoms with Crippen LogP contribution in [0.15, 0.2) is 47.4 Å². The van der Waals surface area contributed by atoms with Crippen molar-refractivity contribution in [3.8, 4) is 11.5 Å². The Bertz CT molecular complexity index is 997. The second-order valence-corrected chi connectivity index (χ2v) is 9.57. The fourth-order valence-electron chi connectivity index (χ4n) is 3.65. The van der Waals surface area contributed by atoms with Crippen LogP contribution in [0.2, 0.25) is 0 Å². The van der Waals surface area contributed by atoms with Gasteiger partial charge in [0.15, 0.2) is 11.5 Å². The normalized spacial score (nSPS) is 15.5. The number of nitrogens with one attached hydrogen (secondary N) is 1. The first-order valence-corrected chi connectivity index (χ1v) is 11.9. The number of methoxy groups -OCH3 is 1. The van der Waals surface area contributed by atoms with E-state index >= 15 is 0 Å². The lowest BCUT2D eigenvalue weighted by molar-refractivity contribution is -0.126. The largest absolute Gasteiger partial charge is 0.493 e. The van der Waals surface area contributed by atoms with Gasteiger partial charge in [-0.05, 0) is 56.5 Å². The molecule has 0 unspecified atom stereocenters. The van der Waals surface area contributed by atoms with Crippen molar-refractivity contribution < 1.29 is 22.7 Å². The van der Waals surface area contributed by atoms with Gasteiger partial charge in [0, 0.05) is 25.6 Å². The minimum Gasteiger partial charge on any atom is -0.493 e. The number of hydrogen-bond acceptors (Lipinski definition) is 5. The van der Waals surface area contributed by atoms with Gasteiger partial charge >= 0.3 is 0 Å². The highest BCUT2D eigenvalue weighted by Gasteiger charge is 2.32. The van der Waals surface area contributed by atoms with Crippen molar-refractivity contribution >= 4 is 15.9 Å². The summed E-state index contributed by atoms with van der Waals surface area (Å²) >= 11 is 0. The van der Waals surface area contributed by atoms with E-state index in [1.165, 1.54) is 4.31 Å². The highest BCUT2D eigenvalue weighted by molar-refractivity contribution is 7.89. The molecule has 1 saturated heterocycles. The average molecular weight is 447 g/mol. The number of ether oxygens (including phenoxy) is 2. The summed E-state index contributed by atoms with van der Waals surface area (Å²) in [5.74, 6) is 1.04. The van der Waals surface area contributed by atoms with Gasteiger partial charge in [0.1, 0.15) is 0 Å². The van der Waals surface area contributed by atoms with Crippen LogP contribution < -0.4 is 14.8 Å². The van der Waals surface area contributed by atoms with Crippen LogP contribution in [-0.4, -0.2) is 45.4 Å². The van der Waals surface area contributed by atoms with Crippen molar-refractivity contribution in [1.82, 2.24) is 9.62 Å². The van der Waals surface area contributed by atoms with Crippen LogP contribution in [0.25, 0.3) is 0 Å². The summed E-state index contributed by atoms with van der Waals surface area (Å²) in [7, 11) is -1.94. The second-order valence-electron chi connectivity index (χ2n) is 7.63. The first-order chi connectivity index (χ1) is 14.8. The van der Waals surface area contributed by atoms with E-state index in [2.05, 4.69) is 5.32 Å². The fraction of sp³-hybridized carbons (Fsp3) is 0.435. The summed E-state index contributed by atoms with van der Waals surface area (Å²) in [4.78, 5) is 12.9. The summed E-state index contributed by atoms with van der Waals surface area (Å²) in [6, 6.07) is 12.4. The molecule has 0 bridgehead atoms. The van der Waals surface area contributed by atoms with Crippen LogP contribution >= 0.6 is 0 Å². The van der Waals surface area contributed by atoms with Crippen molar-refractivity contribution in [1.29, 1.82) is 0 Å². The first-order valence-electron chi connectivity index (χ1n) is 10.5. The Kier molecular flexibility index (Phi) is 7.56. The molecule has 0 aromatic heterocycles. The lowest BCUT2D eigenvalue weighted by Gasteiger charge is -2.30. The number of carbonyl (C=O) groups excluding carboxylic acids is 1. The lowest BCUT2D eigenvalue weighted by atomic mass is 9.97. The smallest absolute Gasteiger partial charge is 0.243 e. The molecule has 0 saturated carbocycles. The van der Waals surface area contributed by atoms with Crippen LogP contribution in [0, 0.1) is 12.8 Å². The van der Waals surface area contributed by atoms with Crippen LogP contribution in [0.3, 0.4) is 0 Å². The van der Waals surface area contributed by atoms with E-state index in [9.17, 15) is 13.2 Å². The summed E-state index contributed by atoms with van der Waals surface area (Å²) < 4.78 is 38.0. The molecule has 8 heteroatoms. The average Bonchev–Trinajstić information content (AvgIpc) is 2.78. The van der Waals surface area contributed by atoms with Crippen LogP contribution in [0.5, 0.6) is 11.5 Å². The molecule has 2 aromatic rings. The van der Waals surface area contributed by atoms with Crippen molar-refractivity contribution in [2.45, 2.75) is 38.1 Å². The van der Waals surface area contributed by atoms with E-state index in [1.807, 2.05) is 32.0 Å². The number of hydrogen-bond donors (Lipinski definition) is 1. The number of piperidine rings is 1. The molecule has 1 N–H and O–H groups in total. The van der Waals surface area contributed by atoms with E-state index in [0.717, 1.165) is 11.1 Å². The molecule has 0 radical (unpaired) electrons. The molecule has 0 aliphatic carbocycles. The highest BCUT2D eigenvalue weighted by Crippen LogP contribution is 2.28. The van der Waals surface area contributed by atoms with E-state index in [4.69, 9.17) is 9.47 Å². The zero-order chi connectivity index (χ0) is 22.4. The zero-order valence-corrected chi connectivity index (χ0v) is 19.1. The maximum atomic E-state index is 12.8. The third-order valence-corrected chi connectivity index (χ3v) is 7.39. The number of rotatable bonds is 8. The second kappa shape index (κ2) is 10.2. The Hall–Kier alpha value is -2.58. The molecular formula is C23H30N2O5S. The van der Waals surface area contributed by atoms with Gasteiger partial charge in [-0.1, -0.05) is 23.8 Å². The van der Waals surface area contributed by atoms with Crippen LogP contribution in [0.1, 0.15) is 30.9 Å². The standard InChI is InChI=1S/C23H30N2O5S/c1-4-30-21-10-7-18(15-22(21)29-3)16-24-23(26)19-11-13-25(14-12-19)31(27,28)20-8-5-17(2)6-9-20/h5-10,15,19H,4,11-14,16H2,1-3H3,(H,24,26). The number of carbonyl (C=O) groups is 1. The molecule has 2 aromatic carbocycles. The van der Waals surface area contributed by atoms with E-state index in [-0.39, 0.29) is 11.8 Å². The monoisotopic (exact) mass is 446 g/mol. The van der Waals surface area contributed by atoms with Gasteiger partial charge in [-0.15, -0.1) is 0 Å². The third kappa shape index (κ3) is 5.57. The molecule has 1 aliphatic heterocycles. The third-order valence-electron chi connectivity index (χ3n) is 5.48. The van der Waals surface area contributed by atoms with Crippen molar-refractivity contribution in [3.05, 3.63) is 53.6 Å². The molecule has 1 heterocycles. The molecule has 3 rings (SSSR count). The number of benzene rings is 2. The maximum Gasteiger partial charge on any atom is 0.243 e. The Labute approximate surface area is 184 Å². The molecule has 7 nitrogen and oxygen atoms in total. The Morgan fingerprint density at radius 3 is 2.39 bits per heavy atom. The summed E-state index contributed by atoms with van der Waals surface area (Å²) in [6.07, 6.45) is 1.01. The van der Waals surface area contributed by atoms with Gasteiger partial charge in [-0.2, -0.15) is 4.31 Å². The summed E-state index contributed by atoms with van der Waals surface area (Å²) in [5.41, 5.74) is 1.92. The Morgan fingerprint density at radius 1 is 1.10 bits per heavy atom. The topological polar surface area (TPSA) is 84.9 Å². The molecule has 31 heavy (non-hydrogen) atoms. The van der Waals surface area contributed by atoms with Gasteiger partial charge in [-0.3, -0.25) is 4.79 Å². The molecule has 168 valence electrons. The SMILES string of the molecule is CCOc1ccc(CNC(=O)C2CCN(S(=O)(=O)c3ccc(C)cc3)CC2)cc1OC. The molecule has 0 spiro atoms. The van der Waals surface area contributed by atoms with E-state index in [0.29, 0.717) is 55.5 Å². The highest BCUT2D eigenvalue weighted by atomic mass is 32.2. The van der Waals surface area contributed by atoms with E-state index < -0.39 is 10.0 Å².